The van der Waals surface area contributed by atoms with E-state index in [2.05, 4.69) is 0 Å². The minimum atomic E-state index is -0.729. The smallest absolute Gasteiger partial charge is 0.126 e. The van der Waals surface area contributed by atoms with Crippen molar-refractivity contribution in [3.8, 4) is 5.75 Å². The first-order chi connectivity index (χ1) is 9.60. The highest BCUT2D eigenvalue weighted by Gasteiger charge is 2.09. The van der Waals surface area contributed by atoms with E-state index in [1.807, 2.05) is 24.3 Å². The molecule has 2 aromatic rings. The highest BCUT2D eigenvalue weighted by atomic mass is 19.1. The quantitative estimate of drug-likeness (QED) is 0.882. The summed E-state index contributed by atoms with van der Waals surface area (Å²) in [6, 6.07) is 11.9. The van der Waals surface area contributed by atoms with Gasteiger partial charge < -0.3 is 15.6 Å². The van der Waals surface area contributed by atoms with Gasteiger partial charge in [0, 0.05) is 6.54 Å². The first-order valence-electron chi connectivity index (χ1n) is 6.46. The largest absolute Gasteiger partial charge is 0.491 e. The summed E-state index contributed by atoms with van der Waals surface area (Å²) in [5, 5.41) is 10.0. The van der Waals surface area contributed by atoms with E-state index in [4.69, 9.17) is 10.5 Å². The molecule has 0 spiro atoms. The molecule has 2 rings (SSSR count). The lowest BCUT2D eigenvalue weighted by molar-refractivity contribution is 0.108. The minimum absolute atomic E-state index is 0.118. The molecule has 0 aliphatic carbocycles. The lowest BCUT2D eigenvalue weighted by Gasteiger charge is -2.13. The van der Waals surface area contributed by atoms with E-state index in [0.29, 0.717) is 17.9 Å². The van der Waals surface area contributed by atoms with Gasteiger partial charge in [0.25, 0.3) is 0 Å². The van der Waals surface area contributed by atoms with Gasteiger partial charge in [0.1, 0.15) is 24.3 Å². The zero-order valence-corrected chi connectivity index (χ0v) is 11.3. The molecule has 0 amide bonds. The van der Waals surface area contributed by atoms with Crippen molar-refractivity contribution in [3.63, 3.8) is 0 Å². The highest BCUT2D eigenvalue weighted by molar-refractivity contribution is 5.29. The molecule has 3 nitrogen and oxygen atoms in total. The number of aryl methyl sites for hydroxylation is 1. The summed E-state index contributed by atoms with van der Waals surface area (Å²) in [6.45, 7) is 2.26. The van der Waals surface area contributed by atoms with Crippen LogP contribution in [-0.2, 0) is 6.54 Å². The molecule has 0 saturated heterocycles. The van der Waals surface area contributed by atoms with Crippen molar-refractivity contribution in [1.82, 2.24) is 0 Å². The van der Waals surface area contributed by atoms with Gasteiger partial charge in [0.2, 0.25) is 0 Å². The molecule has 0 fully saturated rings. The third kappa shape index (κ3) is 3.56. The first-order valence-corrected chi connectivity index (χ1v) is 6.46. The minimum Gasteiger partial charge on any atom is -0.491 e. The van der Waals surface area contributed by atoms with Crippen LogP contribution in [0.25, 0.3) is 0 Å². The Kier molecular flexibility index (Phi) is 4.71. The van der Waals surface area contributed by atoms with Gasteiger partial charge in [-0.3, -0.25) is 0 Å². The van der Waals surface area contributed by atoms with E-state index in [1.54, 1.807) is 19.1 Å². The predicted octanol–water partition coefficient (Wildman–Crippen LogP) is 2.71. The van der Waals surface area contributed by atoms with Crippen LogP contribution < -0.4 is 10.5 Å². The Morgan fingerprint density at radius 3 is 2.50 bits per heavy atom. The molecule has 20 heavy (non-hydrogen) atoms. The molecule has 2 aromatic carbocycles. The van der Waals surface area contributed by atoms with Crippen LogP contribution in [-0.4, -0.2) is 11.7 Å². The number of ether oxygens (including phenoxy) is 1. The molecule has 4 heteroatoms. The first kappa shape index (κ1) is 14.5. The summed E-state index contributed by atoms with van der Waals surface area (Å²) in [6.07, 6.45) is -0.729. The van der Waals surface area contributed by atoms with E-state index < -0.39 is 6.10 Å². The predicted molar refractivity (Wildman–Crippen MR) is 75.9 cm³/mol. The van der Waals surface area contributed by atoms with Crippen LogP contribution in [0.15, 0.2) is 42.5 Å². The average molecular weight is 275 g/mol. The third-order valence-electron chi connectivity index (χ3n) is 3.14. The Balaban J connectivity index is 1.96. The maximum atomic E-state index is 13.1. The number of aliphatic hydroxyl groups is 1. The molecule has 1 unspecified atom stereocenters. The highest BCUT2D eigenvalue weighted by Crippen LogP contribution is 2.19. The topological polar surface area (TPSA) is 55.5 Å². The number of halogens is 1. The molecule has 0 aromatic heterocycles. The van der Waals surface area contributed by atoms with E-state index in [1.165, 1.54) is 6.07 Å². The van der Waals surface area contributed by atoms with Crippen LogP contribution >= 0.6 is 0 Å². The van der Waals surface area contributed by atoms with E-state index in [-0.39, 0.29) is 12.4 Å². The van der Waals surface area contributed by atoms with Crippen molar-refractivity contribution in [1.29, 1.82) is 0 Å². The van der Waals surface area contributed by atoms with Crippen LogP contribution in [0.2, 0.25) is 0 Å². The second-order valence-corrected chi connectivity index (χ2v) is 4.68. The number of nitrogens with two attached hydrogens (primary N) is 1. The van der Waals surface area contributed by atoms with Gasteiger partial charge in [0.05, 0.1) is 0 Å². The van der Waals surface area contributed by atoms with Crippen LogP contribution in [0, 0.1) is 12.7 Å². The Morgan fingerprint density at radius 2 is 1.90 bits per heavy atom. The maximum Gasteiger partial charge on any atom is 0.126 e. The SMILES string of the molecule is Cc1cc(OCC(O)c2ccc(CN)cc2)ccc1F. The fourth-order valence-electron chi connectivity index (χ4n) is 1.85. The average Bonchev–Trinajstić information content (AvgIpc) is 2.48. The monoisotopic (exact) mass is 275 g/mol. The summed E-state index contributed by atoms with van der Waals surface area (Å²) in [7, 11) is 0. The van der Waals surface area contributed by atoms with Gasteiger partial charge >= 0.3 is 0 Å². The third-order valence-corrected chi connectivity index (χ3v) is 3.14. The molecule has 0 heterocycles. The standard InChI is InChI=1S/C16H18FNO2/c1-11-8-14(6-7-15(11)17)20-10-16(19)13-4-2-12(9-18)3-5-13/h2-8,16,19H,9-10,18H2,1H3. The van der Waals surface area contributed by atoms with Crippen molar-refractivity contribution in [3.05, 3.63) is 65.0 Å². The number of aliphatic hydroxyl groups excluding tert-OH is 1. The molecule has 0 radical (unpaired) electrons. The van der Waals surface area contributed by atoms with Gasteiger partial charge in [-0.2, -0.15) is 0 Å². The van der Waals surface area contributed by atoms with E-state index >= 15 is 0 Å². The molecule has 0 aliphatic heterocycles. The summed E-state index contributed by atoms with van der Waals surface area (Å²) in [4.78, 5) is 0. The molecule has 0 aliphatic rings. The molecular formula is C16H18FNO2. The fourth-order valence-corrected chi connectivity index (χ4v) is 1.85. The van der Waals surface area contributed by atoms with Crippen LogP contribution in [0.4, 0.5) is 4.39 Å². The lowest BCUT2D eigenvalue weighted by Crippen LogP contribution is -2.10. The zero-order chi connectivity index (χ0) is 14.5. The fraction of sp³-hybridized carbons (Fsp3) is 0.250. The van der Waals surface area contributed by atoms with Crippen molar-refractivity contribution < 1.29 is 14.2 Å². The van der Waals surface area contributed by atoms with Gasteiger partial charge in [-0.05, 0) is 41.8 Å². The Labute approximate surface area is 117 Å². The summed E-state index contributed by atoms with van der Waals surface area (Å²) in [5.74, 6) is 0.275. The van der Waals surface area contributed by atoms with E-state index in [0.717, 1.165) is 11.1 Å². The van der Waals surface area contributed by atoms with Gasteiger partial charge in [-0.1, -0.05) is 24.3 Å². The van der Waals surface area contributed by atoms with Crippen molar-refractivity contribution in [2.45, 2.75) is 19.6 Å². The summed E-state index contributed by atoms with van der Waals surface area (Å²) < 4.78 is 18.6. The summed E-state index contributed by atoms with van der Waals surface area (Å²) in [5.41, 5.74) is 7.81. The summed E-state index contributed by atoms with van der Waals surface area (Å²) >= 11 is 0. The van der Waals surface area contributed by atoms with Gasteiger partial charge in [-0.25, -0.2) is 4.39 Å². The number of rotatable bonds is 5. The Bertz CT molecular complexity index is 569. The molecule has 3 N–H and O–H groups in total. The number of hydrogen-bond acceptors (Lipinski definition) is 3. The zero-order valence-electron chi connectivity index (χ0n) is 11.3. The second kappa shape index (κ2) is 6.50. The molecule has 1 atom stereocenters. The molecular weight excluding hydrogens is 257 g/mol. The van der Waals surface area contributed by atoms with Crippen LogP contribution in [0.5, 0.6) is 5.75 Å². The molecule has 106 valence electrons. The normalized spacial score (nSPS) is 12.2. The molecule has 0 bridgehead atoms. The number of benzene rings is 2. The van der Waals surface area contributed by atoms with E-state index in [9.17, 15) is 9.50 Å². The Hall–Kier alpha value is -1.91. The van der Waals surface area contributed by atoms with Gasteiger partial charge in [-0.15, -0.1) is 0 Å². The van der Waals surface area contributed by atoms with Crippen molar-refractivity contribution >= 4 is 0 Å². The lowest BCUT2D eigenvalue weighted by atomic mass is 10.1. The second-order valence-electron chi connectivity index (χ2n) is 4.68. The Morgan fingerprint density at radius 1 is 1.20 bits per heavy atom. The molecule has 0 saturated carbocycles. The van der Waals surface area contributed by atoms with Crippen LogP contribution in [0.1, 0.15) is 22.8 Å². The number of hydrogen-bond donors (Lipinski definition) is 2. The van der Waals surface area contributed by atoms with Crippen molar-refractivity contribution in [2.75, 3.05) is 6.61 Å². The maximum absolute atomic E-state index is 13.1. The van der Waals surface area contributed by atoms with Crippen molar-refractivity contribution in [2.24, 2.45) is 5.73 Å². The van der Waals surface area contributed by atoms with Crippen LogP contribution in [0.3, 0.4) is 0 Å². The van der Waals surface area contributed by atoms with Gasteiger partial charge in [0.15, 0.2) is 0 Å².